The van der Waals surface area contributed by atoms with E-state index in [1.807, 2.05) is 6.92 Å². The van der Waals surface area contributed by atoms with Crippen LogP contribution in [0.3, 0.4) is 0 Å². The molecule has 1 heterocycles. The number of carbonyl (C=O) groups is 3. The van der Waals surface area contributed by atoms with Gasteiger partial charge in [0.2, 0.25) is 0 Å². The van der Waals surface area contributed by atoms with Gasteiger partial charge >= 0.3 is 12.0 Å². The minimum Gasteiger partial charge on any atom is -0.463 e. The lowest BCUT2D eigenvalue weighted by molar-refractivity contribution is -0.137. The van der Waals surface area contributed by atoms with Crippen molar-refractivity contribution in [2.24, 2.45) is 0 Å². The molecule has 6 nitrogen and oxygen atoms in total. The Hall–Kier alpha value is -1.85. The lowest BCUT2D eigenvalue weighted by Crippen LogP contribution is -2.31. The number of imide groups is 1. The number of nitrogens with one attached hydrogen (secondary N) is 1. The van der Waals surface area contributed by atoms with E-state index in [0.717, 1.165) is 23.8 Å². The van der Waals surface area contributed by atoms with Crippen LogP contribution >= 0.6 is 0 Å². The van der Waals surface area contributed by atoms with Crippen molar-refractivity contribution in [3.8, 4) is 0 Å². The van der Waals surface area contributed by atoms with Crippen molar-refractivity contribution < 1.29 is 19.1 Å². The highest BCUT2D eigenvalue weighted by Crippen LogP contribution is 2.10. The van der Waals surface area contributed by atoms with Crippen LogP contribution in [0.4, 0.5) is 4.79 Å². The number of unbranched alkanes of at least 4 members (excludes halogenated alkanes) is 1. The number of carbonyl (C=O) groups excluding carboxylic acids is 3. The summed E-state index contributed by atoms with van der Waals surface area (Å²) in [6.07, 6.45) is 2.63. The molecule has 1 N–H and O–H groups in total. The fourth-order valence-electron chi connectivity index (χ4n) is 1.39. The van der Waals surface area contributed by atoms with Gasteiger partial charge in [0.05, 0.1) is 12.7 Å². The number of nitrogens with zero attached hydrogens (tertiary/aromatic N) is 1. The third-order valence-electron chi connectivity index (χ3n) is 2.25. The van der Waals surface area contributed by atoms with Crippen LogP contribution in [0.25, 0.3) is 0 Å². The highest BCUT2D eigenvalue weighted by atomic mass is 16.5. The van der Waals surface area contributed by atoms with Gasteiger partial charge < -0.3 is 10.1 Å². The van der Waals surface area contributed by atoms with Gasteiger partial charge in [0.25, 0.3) is 5.91 Å². The van der Waals surface area contributed by atoms with E-state index in [2.05, 4.69) is 10.1 Å². The molecule has 0 aromatic heterocycles. The summed E-state index contributed by atoms with van der Waals surface area (Å²) in [6, 6.07) is -0.487. The van der Waals surface area contributed by atoms with E-state index >= 15 is 0 Å². The number of hydrogen-bond donors (Lipinski definition) is 1. The lowest BCUT2D eigenvalue weighted by Gasteiger charge is -2.09. The second-order valence-electron chi connectivity index (χ2n) is 3.55. The second kappa shape index (κ2) is 6.03. The quantitative estimate of drug-likeness (QED) is 0.438. The maximum atomic E-state index is 11.7. The molecule has 0 atom stereocenters. The van der Waals surface area contributed by atoms with Crippen molar-refractivity contribution in [2.45, 2.75) is 26.7 Å². The van der Waals surface area contributed by atoms with Gasteiger partial charge in [-0.2, -0.15) is 0 Å². The summed E-state index contributed by atoms with van der Waals surface area (Å²) < 4.78 is 4.67. The Morgan fingerprint density at radius 2 is 2.12 bits per heavy atom. The minimum absolute atomic E-state index is 0.0236. The first kappa shape index (κ1) is 13.2. The molecule has 0 radical (unpaired) electrons. The van der Waals surface area contributed by atoms with Crippen LogP contribution in [0.1, 0.15) is 26.7 Å². The molecule has 0 unspecified atom stereocenters. The Bertz CT molecular complexity index is 362. The van der Waals surface area contributed by atoms with Crippen molar-refractivity contribution in [3.05, 3.63) is 11.8 Å². The van der Waals surface area contributed by atoms with E-state index in [4.69, 9.17) is 0 Å². The standard InChI is InChI=1S/C11H16N2O4/c1-3-5-6-13-10(15)8(12-11(13)16)7-9(14)17-4-2/h7H,3-6H2,1-2H3,(H,12,16)/b8-7+. The van der Waals surface area contributed by atoms with E-state index in [1.165, 1.54) is 0 Å². The van der Waals surface area contributed by atoms with Crippen LogP contribution in [-0.2, 0) is 14.3 Å². The fraction of sp³-hybridized carbons (Fsp3) is 0.545. The van der Waals surface area contributed by atoms with Gasteiger partial charge in [-0.1, -0.05) is 13.3 Å². The number of esters is 1. The maximum Gasteiger partial charge on any atom is 0.333 e. The van der Waals surface area contributed by atoms with Crippen molar-refractivity contribution in [2.75, 3.05) is 13.2 Å². The third kappa shape index (κ3) is 3.30. The summed E-state index contributed by atoms with van der Waals surface area (Å²) in [4.78, 5) is 35.4. The number of urea groups is 1. The summed E-state index contributed by atoms with van der Waals surface area (Å²) in [7, 11) is 0. The highest BCUT2D eigenvalue weighted by molar-refractivity contribution is 6.13. The molecular formula is C11H16N2O4. The first-order valence-corrected chi connectivity index (χ1v) is 5.61. The summed E-state index contributed by atoms with van der Waals surface area (Å²) >= 11 is 0. The molecule has 0 aromatic carbocycles. The minimum atomic E-state index is -0.631. The second-order valence-corrected chi connectivity index (χ2v) is 3.55. The van der Waals surface area contributed by atoms with Gasteiger partial charge in [-0.15, -0.1) is 0 Å². The average molecular weight is 240 g/mol. The Labute approximate surface area is 99.6 Å². The van der Waals surface area contributed by atoms with E-state index in [-0.39, 0.29) is 12.3 Å². The van der Waals surface area contributed by atoms with Gasteiger partial charge in [0.1, 0.15) is 5.70 Å². The van der Waals surface area contributed by atoms with Crippen molar-refractivity contribution >= 4 is 17.9 Å². The molecule has 1 fully saturated rings. The number of amides is 3. The molecule has 1 aliphatic rings. The maximum absolute atomic E-state index is 11.7. The molecule has 0 spiro atoms. The smallest absolute Gasteiger partial charge is 0.333 e. The van der Waals surface area contributed by atoms with Gasteiger partial charge in [0.15, 0.2) is 0 Å². The van der Waals surface area contributed by atoms with Gasteiger partial charge in [-0.3, -0.25) is 9.69 Å². The Kier molecular flexibility index (Phi) is 4.68. The zero-order valence-electron chi connectivity index (χ0n) is 9.99. The molecule has 0 saturated carbocycles. The number of rotatable bonds is 5. The molecular weight excluding hydrogens is 224 g/mol. The SMILES string of the molecule is CCCCN1C(=O)N/C(=C/C(=O)OCC)C1=O. The van der Waals surface area contributed by atoms with E-state index < -0.39 is 17.9 Å². The van der Waals surface area contributed by atoms with Gasteiger partial charge in [-0.05, 0) is 13.3 Å². The zero-order valence-corrected chi connectivity index (χ0v) is 9.99. The van der Waals surface area contributed by atoms with Gasteiger partial charge in [0, 0.05) is 6.54 Å². The summed E-state index contributed by atoms with van der Waals surface area (Å²) in [5.41, 5.74) is -0.0236. The fourth-order valence-corrected chi connectivity index (χ4v) is 1.39. The Morgan fingerprint density at radius 1 is 1.41 bits per heavy atom. The molecule has 1 rings (SSSR count). The Balaban J connectivity index is 2.70. The highest BCUT2D eigenvalue weighted by Gasteiger charge is 2.33. The first-order chi connectivity index (χ1) is 8.10. The van der Waals surface area contributed by atoms with Crippen LogP contribution in [0, 0.1) is 0 Å². The monoisotopic (exact) mass is 240 g/mol. The van der Waals surface area contributed by atoms with Crippen LogP contribution in [0.2, 0.25) is 0 Å². The van der Waals surface area contributed by atoms with Crippen LogP contribution in [0.15, 0.2) is 11.8 Å². The number of ether oxygens (including phenoxy) is 1. The van der Waals surface area contributed by atoms with Crippen molar-refractivity contribution in [1.82, 2.24) is 10.2 Å². The molecule has 1 saturated heterocycles. The van der Waals surface area contributed by atoms with E-state index in [0.29, 0.717) is 6.54 Å². The molecule has 0 aliphatic carbocycles. The predicted molar refractivity (Wildman–Crippen MR) is 59.9 cm³/mol. The zero-order chi connectivity index (χ0) is 12.8. The topological polar surface area (TPSA) is 75.7 Å². The third-order valence-corrected chi connectivity index (χ3v) is 2.25. The van der Waals surface area contributed by atoms with E-state index in [9.17, 15) is 14.4 Å². The molecule has 6 heteroatoms. The number of hydrogen-bond acceptors (Lipinski definition) is 4. The molecule has 1 aliphatic heterocycles. The van der Waals surface area contributed by atoms with Gasteiger partial charge in [-0.25, -0.2) is 9.59 Å². The lowest BCUT2D eigenvalue weighted by atomic mass is 10.3. The largest absolute Gasteiger partial charge is 0.463 e. The Morgan fingerprint density at radius 3 is 2.71 bits per heavy atom. The molecule has 3 amide bonds. The molecule has 94 valence electrons. The molecule has 17 heavy (non-hydrogen) atoms. The van der Waals surface area contributed by atoms with Crippen molar-refractivity contribution in [1.29, 1.82) is 0 Å². The predicted octanol–water partition coefficient (Wildman–Crippen LogP) is 0.785. The van der Waals surface area contributed by atoms with Crippen LogP contribution < -0.4 is 5.32 Å². The first-order valence-electron chi connectivity index (χ1n) is 5.61. The average Bonchev–Trinajstić information content (AvgIpc) is 2.52. The molecule has 0 bridgehead atoms. The van der Waals surface area contributed by atoms with Crippen molar-refractivity contribution in [3.63, 3.8) is 0 Å². The summed E-state index contributed by atoms with van der Waals surface area (Å²) in [5.74, 6) is -1.11. The van der Waals surface area contributed by atoms with Crippen LogP contribution in [0.5, 0.6) is 0 Å². The normalized spacial score (nSPS) is 17.5. The molecule has 0 aromatic rings. The van der Waals surface area contributed by atoms with Crippen LogP contribution in [-0.4, -0.2) is 36.0 Å². The van der Waals surface area contributed by atoms with E-state index in [1.54, 1.807) is 6.92 Å². The summed E-state index contributed by atoms with van der Waals surface area (Å²) in [5, 5.41) is 2.35. The summed E-state index contributed by atoms with van der Waals surface area (Å²) in [6.45, 7) is 4.22.